The summed E-state index contributed by atoms with van der Waals surface area (Å²) in [6, 6.07) is -1.21. The molecule has 0 saturated carbocycles. The minimum Gasteiger partial charge on any atom is -0.491 e. The lowest BCUT2D eigenvalue weighted by atomic mass is 10.3. The van der Waals surface area contributed by atoms with Gasteiger partial charge in [-0.1, -0.05) is 0 Å². The summed E-state index contributed by atoms with van der Waals surface area (Å²) in [5.41, 5.74) is 0. The molecule has 0 amide bonds. The van der Waals surface area contributed by atoms with Crippen LogP contribution in [-0.2, 0) is 4.65 Å². The Balaban J connectivity index is 3.13. The van der Waals surface area contributed by atoms with Crippen LogP contribution in [0.3, 0.4) is 0 Å². The van der Waals surface area contributed by atoms with E-state index in [0.717, 1.165) is 0 Å². The Morgan fingerprint density at radius 1 is 1.71 bits per heavy atom. The van der Waals surface area contributed by atoms with E-state index in [9.17, 15) is 4.39 Å². The fourth-order valence-electron chi connectivity index (χ4n) is 0.114. The van der Waals surface area contributed by atoms with Gasteiger partial charge in [0.25, 0.3) is 6.01 Å². The first kappa shape index (κ1) is 6.45. The molecule has 0 aliphatic rings. The van der Waals surface area contributed by atoms with Gasteiger partial charge in [-0.2, -0.15) is 4.39 Å². The first-order valence-corrected chi connectivity index (χ1v) is 1.50. The second kappa shape index (κ2) is 2.60. The highest BCUT2D eigenvalue weighted by molar-refractivity contribution is 6.33. The summed E-state index contributed by atoms with van der Waals surface area (Å²) < 4.78 is 14.7. The Morgan fingerprint density at radius 2 is 2.14 bits per heavy atom. The van der Waals surface area contributed by atoms with E-state index >= 15 is 0 Å². The average molecular weight is 106 g/mol. The predicted molar refractivity (Wildman–Crippen MR) is 21.5 cm³/mol. The van der Waals surface area contributed by atoms with E-state index in [1.165, 1.54) is 0 Å². The molecule has 0 aliphatic carbocycles. The summed E-state index contributed by atoms with van der Waals surface area (Å²) in [6.07, 6.45) is 0. The molecule has 0 aromatic carbocycles. The summed E-state index contributed by atoms with van der Waals surface area (Å²) in [4.78, 5) is 0. The standard InChI is InChI=1S/C2H4BFO3/c1-2(4)7-3(5)6/h5-6H,1H2. The van der Waals surface area contributed by atoms with E-state index in [4.69, 9.17) is 10.0 Å². The van der Waals surface area contributed by atoms with Crippen LogP contribution >= 0.6 is 0 Å². The number of hydrogen-bond donors (Lipinski definition) is 2. The van der Waals surface area contributed by atoms with Crippen molar-refractivity contribution in [1.82, 2.24) is 0 Å². The number of halogens is 1. The third-order valence-corrected chi connectivity index (χ3v) is 0.233. The highest BCUT2D eigenvalue weighted by atomic mass is 19.1. The van der Waals surface area contributed by atoms with E-state index in [1.807, 2.05) is 0 Å². The molecule has 40 valence electrons. The molecule has 0 bridgehead atoms. The maximum absolute atomic E-state index is 11.2. The van der Waals surface area contributed by atoms with Crippen molar-refractivity contribution >= 4 is 7.32 Å². The molecule has 7 heavy (non-hydrogen) atoms. The summed E-state index contributed by atoms with van der Waals surface area (Å²) in [5, 5.41) is 15.5. The lowest BCUT2D eigenvalue weighted by Gasteiger charge is -1.95. The minimum atomic E-state index is -2.10. The molecule has 0 radical (unpaired) electrons. The van der Waals surface area contributed by atoms with Crippen LogP contribution in [0.15, 0.2) is 12.6 Å². The minimum absolute atomic E-state index is 1.21. The monoisotopic (exact) mass is 106 g/mol. The molecule has 5 heteroatoms. The maximum atomic E-state index is 11.2. The molecule has 0 spiro atoms. The second-order valence-electron chi connectivity index (χ2n) is 0.799. The van der Waals surface area contributed by atoms with Gasteiger partial charge in [-0.3, -0.25) is 0 Å². The van der Waals surface area contributed by atoms with E-state index in [0.29, 0.717) is 0 Å². The highest BCUT2D eigenvalue weighted by Gasteiger charge is 2.10. The zero-order valence-electron chi connectivity index (χ0n) is 3.47. The lowest BCUT2D eigenvalue weighted by molar-refractivity contribution is 0.192. The molecule has 0 aliphatic heterocycles. The summed E-state index contributed by atoms with van der Waals surface area (Å²) in [7, 11) is -2.10. The van der Waals surface area contributed by atoms with Gasteiger partial charge >= 0.3 is 7.32 Å². The molecule has 0 heterocycles. The Kier molecular flexibility index (Phi) is 2.40. The smallest absolute Gasteiger partial charge is 0.491 e. The van der Waals surface area contributed by atoms with Crippen molar-refractivity contribution < 1.29 is 19.1 Å². The zero-order valence-corrected chi connectivity index (χ0v) is 3.47. The SMILES string of the molecule is C=C(F)OB(O)O. The van der Waals surface area contributed by atoms with Crippen molar-refractivity contribution in [2.45, 2.75) is 0 Å². The number of rotatable bonds is 2. The molecule has 0 fully saturated rings. The Labute approximate surface area is 40.2 Å². The van der Waals surface area contributed by atoms with Crippen LogP contribution in [0.5, 0.6) is 0 Å². The molecule has 0 unspecified atom stereocenters. The highest BCUT2D eigenvalue weighted by Crippen LogP contribution is 1.91. The van der Waals surface area contributed by atoms with Gasteiger partial charge in [-0.15, -0.1) is 0 Å². The van der Waals surface area contributed by atoms with Crippen LogP contribution in [0.4, 0.5) is 4.39 Å². The van der Waals surface area contributed by atoms with Gasteiger partial charge in [0.2, 0.25) is 0 Å². The maximum Gasteiger partial charge on any atom is 0.709 e. The van der Waals surface area contributed by atoms with Crippen LogP contribution in [-0.4, -0.2) is 17.4 Å². The summed E-state index contributed by atoms with van der Waals surface area (Å²) in [5.74, 6) is 0. The van der Waals surface area contributed by atoms with Crippen molar-refractivity contribution in [3.8, 4) is 0 Å². The van der Waals surface area contributed by atoms with Gasteiger partial charge in [0.15, 0.2) is 0 Å². The van der Waals surface area contributed by atoms with Crippen LogP contribution in [0.2, 0.25) is 0 Å². The fourth-order valence-corrected chi connectivity index (χ4v) is 0.114. The van der Waals surface area contributed by atoms with Crippen molar-refractivity contribution in [2.75, 3.05) is 0 Å². The quantitative estimate of drug-likeness (QED) is 0.365. The van der Waals surface area contributed by atoms with Crippen LogP contribution in [0.25, 0.3) is 0 Å². The second-order valence-corrected chi connectivity index (χ2v) is 0.799. The van der Waals surface area contributed by atoms with Crippen LogP contribution < -0.4 is 0 Å². The molecule has 2 N–H and O–H groups in total. The molecule has 0 atom stereocenters. The molecule has 0 saturated heterocycles. The van der Waals surface area contributed by atoms with Gasteiger partial charge in [0.1, 0.15) is 0 Å². The van der Waals surface area contributed by atoms with E-state index in [1.54, 1.807) is 0 Å². The Morgan fingerprint density at radius 3 is 2.14 bits per heavy atom. The van der Waals surface area contributed by atoms with E-state index in [-0.39, 0.29) is 0 Å². The van der Waals surface area contributed by atoms with Gasteiger partial charge in [-0.05, 0) is 6.58 Å². The normalized spacial score (nSPS) is 7.86. The van der Waals surface area contributed by atoms with Gasteiger partial charge < -0.3 is 14.7 Å². The van der Waals surface area contributed by atoms with Crippen molar-refractivity contribution in [2.24, 2.45) is 0 Å². The van der Waals surface area contributed by atoms with Crippen LogP contribution in [0, 0.1) is 0 Å². The molecule has 3 nitrogen and oxygen atoms in total. The molecular formula is C2H4BFO3. The van der Waals surface area contributed by atoms with Gasteiger partial charge in [0.05, 0.1) is 0 Å². The summed E-state index contributed by atoms with van der Waals surface area (Å²) >= 11 is 0. The molecule has 0 aromatic rings. The zero-order chi connectivity index (χ0) is 5.86. The topological polar surface area (TPSA) is 49.7 Å². The average Bonchev–Trinajstić information content (AvgIpc) is 1.27. The Hall–Kier alpha value is -0.545. The largest absolute Gasteiger partial charge is 0.709 e. The molecule has 0 aromatic heterocycles. The molecular weight excluding hydrogens is 102 g/mol. The van der Waals surface area contributed by atoms with Gasteiger partial charge in [-0.25, -0.2) is 0 Å². The third kappa shape index (κ3) is 5.45. The van der Waals surface area contributed by atoms with Gasteiger partial charge in [0, 0.05) is 0 Å². The molecule has 0 rings (SSSR count). The van der Waals surface area contributed by atoms with E-state index < -0.39 is 13.3 Å². The van der Waals surface area contributed by atoms with E-state index in [2.05, 4.69) is 11.2 Å². The Bertz CT molecular complexity index is 73.3. The predicted octanol–water partition coefficient (Wildman–Crippen LogP) is -0.587. The fraction of sp³-hybridized carbons (Fsp3) is 0. The van der Waals surface area contributed by atoms with Crippen molar-refractivity contribution in [3.05, 3.63) is 12.6 Å². The van der Waals surface area contributed by atoms with Crippen LogP contribution in [0.1, 0.15) is 0 Å². The van der Waals surface area contributed by atoms with Crippen molar-refractivity contribution in [1.29, 1.82) is 0 Å². The van der Waals surface area contributed by atoms with Crippen molar-refractivity contribution in [3.63, 3.8) is 0 Å². The number of hydrogen-bond acceptors (Lipinski definition) is 3. The first-order valence-electron chi connectivity index (χ1n) is 1.50. The third-order valence-electron chi connectivity index (χ3n) is 0.233. The lowest BCUT2D eigenvalue weighted by Crippen LogP contribution is -2.14. The first-order chi connectivity index (χ1) is 3.13. The summed E-state index contributed by atoms with van der Waals surface area (Å²) in [6.45, 7) is 2.59.